The highest BCUT2D eigenvalue weighted by molar-refractivity contribution is 5.94. The number of benzene rings is 1. The van der Waals surface area contributed by atoms with Crippen molar-refractivity contribution in [3.8, 4) is 5.75 Å². The van der Waals surface area contributed by atoms with Gasteiger partial charge in [0.15, 0.2) is 0 Å². The molecule has 8 nitrogen and oxygen atoms in total. The first kappa shape index (κ1) is 21.1. The number of likely N-dealkylation sites (tertiary alicyclic amines) is 1. The molecule has 1 atom stereocenters. The second-order valence-electron chi connectivity index (χ2n) is 5.78. The molecule has 0 aromatic heterocycles. The summed E-state index contributed by atoms with van der Waals surface area (Å²) >= 11 is 0. The van der Waals surface area contributed by atoms with Gasteiger partial charge in [-0.1, -0.05) is 0 Å². The lowest BCUT2D eigenvalue weighted by molar-refractivity contribution is -0.384. The lowest BCUT2D eigenvalue weighted by Gasteiger charge is -2.31. The molecule has 2 rings (SSSR count). The molecule has 140 valence electrons. The molecule has 25 heavy (non-hydrogen) atoms. The van der Waals surface area contributed by atoms with Crippen LogP contribution >= 0.6 is 12.4 Å². The van der Waals surface area contributed by atoms with Gasteiger partial charge >= 0.3 is 0 Å². The van der Waals surface area contributed by atoms with Crippen LogP contribution in [0.15, 0.2) is 18.2 Å². The van der Waals surface area contributed by atoms with Crippen LogP contribution in [0.3, 0.4) is 0 Å². The molecule has 0 bridgehead atoms. The number of anilines is 1. The fraction of sp³-hybridized carbons (Fsp3) is 0.562. The van der Waals surface area contributed by atoms with Crippen molar-refractivity contribution in [2.45, 2.75) is 25.8 Å². The Bertz CT molecular complexity index is 599. The topological polar surface area (TPSA) is 96.7 Å². The molecule has 2 N–H and O–H groups in total. The van der Waals surface area contributed by atoms with Crippen molar-refractivity contribution >= 4 is 29.7 Å². The first-order valence-electron chi connectivity index (χ1n) is 8.14. The zero-order valence-corrected chi connectivity index (χ0v) is 15.3. The number of nitro groups is 1. The van der Waals surface area contributed by atoms with Crippen molar-refractivity contribution in [3.63, 3.8) is 0 Å². The summed E-state index contributed by atoms with van der Waals surface area (Å²) in [5.41, 5.74) is 0.0247. The van der Waals surface area contributed by atoms with Crippen LogP contribution in [-0.2, 0) is 4.79 Å². The minimum atomic E-state index is -0.518. The van der Waals surface area contributed by atoms with Crippen molar-refractivity contribution in [1.29, 1.82) is 0 Å². The summed E-state index contributed by atoms with van der Waals surface area (Å²) in [6.45, 7) is 4.11. The van der Waals surface area contributed by atoms with Crippen LogP contribution in [-0.4, -0.2) is 55.1 Å². The normalized spacial score (nSPS) is 17.4. The highest BCUT2D eigenvalue weighted by Gasteiger charge is 2.22. The first-order valence-corrected chi connectivity index (χ1v) is 8.14. The lowest BCUT2D eigenvalue weighted by Crippen LogP contribution is -2.46. The molecule has 9 heteroatoms. The summed E-state index contributed by atoms with van der Waals surface area (Å²) in [6, 6.07) is 4.83. The predicted molar refractivity (Wildman–Crippen MR) is 98.7 cm³/mol. The summed E-state index contributed by atoms with van der Waals surface area (Å²) in [5.74, 6) is 0.161. The summed E-state index contributed by atoms with van der Waals surface area (Å²) in [5, 5.41) is 17.1. The number of rotatable bonds is 7. The molecule has 1 aliphatic heterocycles. The molecular formula is C16H25ClN4O4. The zero-order chi connectivity index (χ0) is 17.5. The molecule has 1 aromatic rings. The van der Waals surface area contributed by atoms with Crippen LogP contribution in [0.2, 0.25) is 0 Å². The van der Waals surface area contributed by atoms with E-state index in [0.29, 0.717) is 18.4 Å². The van der Waals surface area contributed by atoms with E-state index < -0.39 is 4.92 Å². The van der Waals surface area contributed by atoms with Gasteiger partial charge in [0.1, 0.15) is 11.4 Å². The summed E-state index contributed by atoms with van der Waals surface area (Å²) < 4.78 is 5.27. The van der Waals surface area contributed by atoms with Crippen LogP contribution < -0.4 is 15.4 Å². The van der Waals surface area contributed by atoms with Crippen LogP contribution in [0.4, 0.5) is 11.4 Å². The monoisotopic (exact) mass is 372 g/mol. The van der Waals surface area contributed by atoms with Crippen molar-refractivity contribution in [2.75, 3.05) is 38.6 Å². The zero-order valence-electron chi connectivity index (χ0n) is 14.5. The number of piperidine rings is 1. The van der Waals surface area contributed by atoms with Crippen molar-refractivity contribution < 1.29 is 14.5 Å². The fourth-order valence-corrected chi connectivity index (χ4v) is 2.85. The average molecular weight is 373 g/mol. The quantitative estimate of drug-likeness (QED) is 0.561. The highest BCUT2D eigenvalue weighted by atomic mass is 35.5. The maximum absolute atomic E-state index is 12.2. The number of hydrogen-bond donors (Lipinski definition) is 2. The lowest BCUT2D eigenvalue weighted by atomic mass is 10.1. The van der Waals surface area contributed by atoms with Gasteiger partial charge < -0.3 is 15.4 Å². The number of nitro benzene ring substituents is 1. The molecule has 1 fully saturated rings. The molecule has 1 aromatic carbocycles. The third-order valence-corrected chi connectivity index (χ3v) is 4.03. The summed E-state index contributed by atoms with van der Waals surface area (Å²) in [7, 11) is 1.91. The number of amides is 1. The van der Waals surface area contributed by atoms with E-state index >= 15 is 0 Å². The Balaban J connectivity index is 0.00000312. The molecule has 0 radical (unpaired) electrons. The van der Waals surface area contributed by atoms with E-state index in [0.717, 1.165) is 25.9 Å². The van der Waals surface area contributed by atoms with Gasteiger partial charge in [0.2, 0.25) is 5.91 Å². The summed E-state index contributed by atoms with van der Waals surface area (Å²) in [6.07, 6.45) is 2.13. The van der Waals surface area contributed by atoms with E-state index in [1.54, 1.807) is 13.0 Å². The highest BCUT2D eigenvalue weighted by Crippen LogP contribution is 2.29. The van der Waals surface area contributed by atoms with Gasteiger partial charge in [0.05, 0.1) is 24.1 Å². The van der Waals surface area contributed by atoms with Crippen molar-refractivity contribution in [1.82, 2.24) is 10.2 Å². The van der Waals surface area contributed by atoms with Gasteiger partial charge in [-0.2, -0.15) is 0 Å². The van der Waals surface area contributed by atoms with Gasteiger partial charge in [-0.25, -0.2) is 0 Å². The van der Waals surface area contributed by atoms with Gasteiger partial charge in [-0.3, -0.25) is 19.8 Å². The van der Waals surface area contributed by atoms with E-state index in [-0.39, 0.29) is 36.2 Å². The standard InChI is InChI=1S/C16H24N4O4.ClH/c1-3-24-13-6-7-14(15(9-13)20(22)23)18-16(21)11-19-8-4-5-12(10-19)17-2;/h6-7,9,12,17H,3-5,8,10-11H2,1-2H3,(H,18,21);1H. The van der Waals surface area contributed by atoms with Crippen LogP contribution in [0.25, 0.3) is 0 Å². The Morgan fingerprint density at radius 1 is 1.48 bits per heavy atom. The van der Waals surface area contributed by atoms with Crippen LogP contribution in [0.5, 0.6) is 5.75 Å². The first-order chi connectivity index (χ1) is 11.5. The molecule has 0 aliphatic carbocycles. The summed E-state index contributed by atoms with van der Waals surface area (Å²) in [4.78, 5) is 25.0. The molecule has 1 aliphatic rings. The maximum atomic E-state index is 12.2. The van der Waals surface area contributed by atoms with E-state index in [1.165, 1.54) is 12.1 Å². The van der Waals surface area contributed by atoms with Gasteiger partial charge in [-0.05, 0) is 45.5 Å². The van der Waals surface area contributed by atoms with Gasteiger partial charge in [0, 0.05) is 12.6 Å². The minimum Gasteiger partial charge on any atom is -0.494 e. The number of nitrogens with one attached hydrogen (secondary N) is 2. The minimum absolute atomic E-state index is 0. The van der Waals surface area contributed by atoms with Crippen molar-refractivity contribution in [2.24, 2.45) is 0 Å². The van der Waals surface area contributed by atoms with Crippen LogP contribution in [0, 0.1) is 10.1 Å². The number of nitrogens with zero attached hydrogens (tertiary/aromatic N) is 2. The smallest absolute Gasteiger partial charge is 0.296 e. The molecule has 1 amide bonds. The molecule has 1 saturated heterocycles. The molecular weight excluding hydrogens is 348 g/mol. The molecule has 0 spiro atoms. The van der Waals surface area contributed by atoms with Gasteiger partial charge in [0.25, 0.3) is 5.69 Å². The Labute approximate surface area is 153 Å². The Kier molecular flexibility index (Phi) is 8.60. The fourth-order valence-electron chi connectivity index (χ4n) is 2.85. The van der Waals surface area contributed by atoms with Gasteiger partial charge in [-0.15, -0.1) is 12.4 Å². The predicted octanol–water partition coefficient (Wildman–Crippen LogP) is 2.04. The van der Waals surface area contributed by atoms with E-state index in [4.69, 9.17) is 4.74 Å². The molecule has 1 unspecified atom stereocenters. The number of carbonyl (C=O) groups is 1. The third-order valence-electron chi connectivity index (χ3n) is 4.03. The van der Waals surface area contributed by atoms with E-state index in [9.17, 15) is 14.9 Å². The second kappa shape index (κ2) is 10.2. The number of hydrogen-bond acceptors (Lipinski definition) is 6. The largest absolute Gasteiger partial charge is 0.494 e. The second-order valence-corrected chi connectivity index (χ2v) is 5.78. The van der Waals surface area contributed by atoms with Crippen molar-refractivity contribution in [3.05, 3.63) is 28.3 Å². The number of ether oxygens (including phenoxy) is 1. The van der Waals surface area contributed by atoms with E-state index in [2.05, 4.69) is 15.5 Å². The van der Waals surface area contributed by atoms with Crippen LogP contribution in [0.1, 0.15) is 19.8 Å². The number of halogens is 1. The Hall–Kier alpha value is -1.90. The third kappa shape index (κ3) is 6.15. The number of carbonyl (C=O) groups excluding carboxylic acids is 1. The average Bonchev–Trinajstić information content (AvgIpc) is 2.56. The Morgan fingerprint density at radius 3 is 2.88 bits per heavy atom. The maximum Gasteiger partial charge on any atom is 0.296 e. The Morgan fingerprint density at radius 2 is 2.24 bits per heavy atom. The number of likely N-dealkylation sites (N-methyl/N-ethyl adjacent to an activating group) is 1. The SMILES string of the molecule is CCOc1ccc(NC(=O)CN2CCCC(NC)C2)c([N+](=O)[O-])c1.Cl. The molecule has 0 saturated carbocycles. The van der Waals surface area contributed by atoms with E-state index in [1.807, 2.05) is 7.05 Å². The molecule has 1 heterocycles.